The lowest BCUT2D eigenvalue weighted by molar-refractivity contribution is -0.141. The second-order valence-electron chi connectivity index (χ2n) is 7.90. The summed E-state index contributed by atoms with van der Waals surface area (Å²) in [5.41, 5.74) is 2.49. The van der Waals surface area contributed by atoms with Crippen LogP contribution in [0.4, 0.5) is 0 Å². The molecule has 2 unspecified atom stereocenters. The van der Waals surface area contributed by atoms with Gasteiger partial charge in [0.05, 0.1) is 18.3 Å². The molecule has 2 aromatic rings. The van der Waals surface area contributed by atoms with Crippen LogP contribution in [0.1, 0.15) is 54.9 Å². The van der Waals surface area contributed by atoms with E-state index < -0.39 is 11.4 Å². The average molecular weight is 390 g/mol. The smallest absolute Gasteiger partial charge is 0.315 e. The number of hydrogen-bond donors (Lipinski definition) is 1. The van der Waals surface area contributed by atoms with Crippen molar-refractivity contribution < 1.29 is 14.6 Å². The van der Waals surface area contributed by atoms with Gasteiger partial charge < -0.3 is 9.84 Å². The summed E-state index contributed by atoms with van der Waals surface area (Å²) in [5.74, 6) is 0.505. The lowest BCUT2D eigenvalue weighted by Crippen LogP contribution is -2.33. The van der Waals surface area contributed by atoms with Crippen molar-refractivity contribution in [1.82, 2.24) is 9.55 Å². The van der Waals surface area contributed by atoms with E-state index in [0.717, 1.165) is 35.4 Å². The number of rotatable bonds is 4. The number of carboxylic acid groups (broad SMARTS) is 1. The summed E-state index contributed by atoms with van der Waals surface area (Å²) < 4.78 is 7.19. The molecule has 1 saturated carbocycles. The van der Waals surface area contributed by atoms with Gasteiger partial charge in [0.2, 0.25) is 0 Å². The summed E-state index contributed by atoms with van der Waals surface area (Å²) in [6, 6.07) is 7.57. The van der Waals surface area contributed by atoms with Gasteiger partial charge in [-0.3, -0.25) is 14.2 Å². The predicted molar refractivity (Wildman–Crippen MR) is 110 cm³/mol. The Kier molecular flexibility index (Phi) is 3.98. The number of nitrogens with zero attached hydrogens (tertiary/aromatic N) is 2. The number of aliphatic carboxylic acids is 1. The zero-order valence-corrected chi connectivity index (χ0v) is 16.2. The van der Waals surface area contributed by atoms with Gasteiger partial charge in [-0.1, -0.05) is 18.2 Å². The lowest BCUT2D eigenvalue weighted by Gasteiger charge is -2.23. The number of aromatic nitrogens is 2. The first-order chi connectivity index (χ1) is 14.0. The van der Waals surface area contributed by atoms with Crippen LogP contribution < -0.4 is 10.3 Å². The second kappa shape index (κ2) is 6.44. The molecule has 0 saturated heterocycles. The molecule has 1 aliphatic heterocycles. The van der Waals surface area contributed by atoms with Gasteiger partial charge >= 0.3 is 5.97 Å². The van der Waals surface area contributed by atoms with Crippen LogP contribution in [-0.2, 0) is 11.2 Å². The van der Waals surface area contributed by atoms with E-state index in [1.807, 2.05) is 31.2 Å². The highest BCUT2D eigenvalue weighted by molar-refractivity contribution is 5.85. The maximum absolute atomic E-state index is 13.2. The van der Waals surface area contributed by atoms with Gasteiger partial charge in [0.15, 0.2) is 0 Å². The van der Waals surface area contributed by atoms with E-state index in [4.69, 9.17) is 9.72 Å². The second-order valence-corrected chi connectivity index (χ2v) is 7.90. The van der Waals surface area contributed by atoms with Crippen LogP contribution in [0.2, 0.25) is 0 Å². The molecule has 0 bridgehead atoms. The quantitative estimate of drug-likeness (QED) is 0.863. The Bertz CT molecular complexity index is 1140. The molecule has 29 heavy (non-hydrogen) atoms. The van der Waals surface area contributed by atoms with E-state index in [2.05, 4.69) is 6.08 Å². The Morgan fingerprint density at radius 2 is 2.28 bits per heavy atom. The fourth-order valence-electron chi connectivity index (χ4n) is 4.56. The number of benzene rings is 1. The Labute approximate surface area is 168 Å². The van der Waals surface area contributed by atoms with Crippen molar-refractivity contribution in [3.63, 3.8) is 0 Å². The highest BCUT2D eigenvalue weighted by Gasteiger charge is 2.62. The van der Waals surface area contributed by atoms with Crippen LogP contribution in [0, 0.1) is 5.41 Å². The van der Waals surface area contributed by atoms with Crippen LogP contribution >= 0.6 is 0 Å². The van der Waals surface area contributed by atoms with Gasteiger partial charge in [-0.15, -0.1) is 0 Å². The monoisotopic (exact) mass is 390 g/mol. The summed E-state index contributed by atoms with van der Waals surface area (Å²) in [5, 5.41) is 9.55. The average Bonchev–Trinajstić information content (AvgIpc) is 3.46. The maximum atomic E-state index is 13.2. The Balaban J connectivity index is 1.59. The van der Waals surface area contributed by atoms with Crippen LogP contribution in [0.25, 0.3) is 17.7 Å². The normalized spacial score (nSPS) is 25.1. The molecule has 6 nitrogen and oxygen atoms in total. The van der Waals surface area contributed by atoms with E-state index in [-0.39, 0.29) is 11.6 Å². The van der Waals surface area contributed by atoms with E-state index in [1.54, 1.807) is 16.7 Å². The van der Waals surface area contributed by atoms with Crippen LogP contribution in [-0.4, -0.2) is 27.2 Å². The standard InChI is InChI=1S/C23H22N2O4/c1-2-29-16-7-3-5-14(12-16)11-15-6-4-8-17-20(15)24-19-9-10-23(22(27)28)13-18(23)25(19)21(17)26/h3,5,7,9-12,18H,2,4,6,8,13H2,1H3,(H,27,28)/b15-11+. The third-order valence-electron chi connectivity index (χ3n) is 6.13. The number of carboxylic acids is 1. The number of allylic oxidation sites excluding steroid dienone is 1. The zero-order chi connectivity index (χ0) is 20.2. The first-order valence-electron chi connectivity index (χ1n) is 10.1. The van der Waals surface area contributed by atoms with Crippen molar-refractivity contribution in [1.29, 1.82) is 0 Å². The summed E-state index contributed by atoms with van der Waals surface area (Å²) in [4.78, 5) is 29.7. The van der Waals surface area contributed by atoms with Gasteiger partial charge in [0.1, 0.15) is 17.0 Å². The van der Waals surface area contributed by atoms with Crippen LogP contribution in [0.15, 0.2) is 35.1 Å². The van der Waals surface area contributed by atoms with Crippen molar-refractivity contribution in [3.8, 4) is 5.75 Å². The van der Waals surface area contributed by atoms with Gasteiger partial charge in [0.25, 0.3) is 5.56 Å². The summed E-state index contributed by atoms with van der Waals surface area (Å²) in [6.07, 6.45) is 8.34. The maximum Gasteiger partial charge on any atom is 0.315 e. The minimum absolute atomic E-state index is 0.0869. The van der Waals surface area contributed by atoms with Gasteiger partial charge in [0, 0.05) is 5.56 Å². The Morgan fingerprint density at radius 3 is 3.07 bits per heavy atom. The van der Waals surface area contributed by atoms with E-state index >= 15 is 0 Å². The lowest BCUT2D eigenvalue weighted by atomic mass is 9.90. The fraction of sp³-hybridized carbons (Fsp3) is 0.348. The molecule has 2 heterocycles. The molecule has 1 aromatic heterocycles. The van der Waals surface area contributed by atoms with Gasteiger partial charge in [-0.2, -0.15) is 0 Å². The topological polar surface area (TPSA) is 81.4 Å². The molecule has 1 fully saturated rings. The fourth-order valence-corrected chi connectivity index (χ4v) is 4.56. The SMILES string of the molecule is CCOc1cccc(/C=C2\CCCc3c2nc2n(c3=O)C3CC3(C(=O)O)C=C2)c1. The minimum atomic E-state index is -0.931. The summed E-state index contributed by atoms with van der Waals surface area (Å²) in [7, 11) is 0. The molecule has 1 N–H and O–H groups in total. The molecule has 0 spiro atoms. The first kappa shape index (κ1) is 17.9. The molecular weight excluding hydrogens is 368 g/mol. The summed E-state index contributed by atoms with van der Waals surface area (Å²) >= 11 is 0. The van der Waals surface area contributed by atoms with E-state index in [9.17, 15) is 14.7 Å². The molecule has 1 aromatic carbocycles. The molecule has 2 aliphatic carbocycles. The van der Waals surface area contributed by atoms with Crippen LogP contribution in [0.3, 0.4) is 0 Å². The highest BCUT2D eigenvalue weighted by Crippen LogP contribution is 2.59. The predicted octanol–water partition coefficient (Wildman–Crippen LogP) is 3.56. The Hall–Kier alpha value is -3.15. The molecule has 0 radical (unpaired) electrons. The minimum Gasteiger partial charge on any atom is -0.494 e. The molecule has 0 amide bonds. The third kappa shape index (κ3) is 2.74. The third-order valence-corrected chi connectivity index (χ3v) is 6.13. The van der Waals surface area contributed by atoms with Gasteiger partial charge in [-0.05, 0) is 68.0 Å². The molecule has 6 heteroatoms. The number of carbonyl (C=O) groups is 1. The Morgan fingerprint density at radius 1 is 1.41 bits per heavy atom. The molecule has 2 atom stereocenters. The number of hydrogen-bond acceptors (Lipinski definition) is 4. The highest BCUT2D eigenvalue weighted by atomic mass is 16.5. The van der Waals surface area contributed by atoms with Crippen molar-refractivity contribution in [3.05, 3.63) is 63.3 Å². The molecular formula is C23H22N2O4. The van der Waals surface area contributed by atoms with E-state index in [1.165, 1.54) is 0 Å². The molecule has 148 valence electrons. The number of ether oxygens (including phenoxy) is 1. The number of fused-ring (bicyclic) bond motifs is 4. The van der Waals surface area contributed by atoms with Crippen molar-refractivity contribution >= 4 is 23.7 Å². The van der Waals surface area contributed by atoms with E-state index in [0.29, 0.717) is 30.8 Å². The molecule has 5 rings (SSSR count). The van der Waals surface area contributed by atoms with Gasteiger partial charge in [-0.25, -0.2) is 4.98 Å². The molecule has 3 aliphatic rings. The van der Waals surface area contributed by atoms with Crippen molar-refractivity contribution in [2.45, 2.75) is 38.6 Å². The zero-order valence-electron chi connectivity index (χ0n) is 16.2. The first-order valence-corrected chi connectivity index (χ1v) is 10.1. The largest absolute Gasteiger partial charge is 0.494 e. The van der Waals surface area contributed by atoms with Crippen molar-refractivity contribution in [2.24, 2.45) is 5.41 Å². The van der Waals surface area contributed by atoms with Crippen LogP contribution in [0.5, 0.6) is 5.75 Å². The van der Waals surface area contributed by atoms with Crippen molar-refractivity contribution in [2.75, 3.05) is 6.61 Å². The summed E-state index contributed by atoms with van der Waals surface area (Å²) in [6.45, 7) is 2.56.